The summed E-state index contributed by atoms with van der Waals surface area (Å²) in [5.74, 6) is -1.04. The molecular formula is C11H15NO5S2. The number of hydrogen-bond acceptors (Lipinski definition) is 5. The molecular weight excluding hydrogens is 290 g/mol. The maximum absolute atomic E-state index is 12.1. The highest BCUT2D eigenvalue weighted by Crippen LogP contribution is 2.29. The van der Waals surface area contributed by atoms with Gasteiger partial charge in [0.15, 0.2) is 0 Å². The van der Waals surface area contributed by atoms with Crippen LogP contribution >= 0.6 is 11.3 Å². The smallest absolute Gasteiger partial charge is 0.346 e. The van der Waals surface area contributed by atoms with E-state index in [0.717, 1.165) is 11.3 Å². The highest BCUT2D eigenvalue weighted by molar-refractivity contribution is 7.93. The van der Waals surface area contributed by atoms with E-state index in [4.69, 9.17) is 9.84 Å². The second kappa shape index (κ2) is 5.48. The Morgan fingerprint density at radius 3 is 2.63 bits per heavy atom. The third-order valence-corrected chi connectivity index (χ3v) is 6.09. The molecule has 0 aliphatic carbocycles. The van der Waals surface area contributed by atoms with Gasteiger partial charge in [0.05, 0.1) is 5.25 Å². The van der Waals surface area contributed by atoms with E-state index in [9.17, 15) is 13.2 Å². The van der Waals surface area contributed by atoms with Crippen LogP contribution in [0.1, 0.15) is 28.1 Å². The Kier molecular flexibility index (Phi) is 4.12. The molecule has 1 fully saturated rings. The summed E-state index contributed by atoms with van der Waals surface area (Å²) in [6.45, 7) is 2.52. The molecule has 6 nitrogen and oxygen atoms in total. The van der Waals surface area contributed by atoms with E-state index in [0.29, 0.717) is 36.6 Å². The van der Waals surface area contributed by atoms with Crippen LogP contribution in [-0.2, 0) is 14.8 Å². The van der Waals surface area contributed by atoms with Crippen LogP contribution in [0.4, 0.5) is 5.00 Å². The zero-order valence-electron chi connectivity index (χ0n) is 10.4. The van der Waals surface area contributed by atoms with E-state index < -0.39 is 21.2 Å². The SMILES string of the molecule is Cc1cc(NS(=O)(=O)C2CCOCC2)sc1C(=O)O. The molecule has 1 aromatic heterocycles. The first-order valence-electron chi connectivity index (χ1n) is 5.83. The number of aromatic carboxylic acids is 1. The number of nitrogens with one attached hydrogen (secondary N) is 1. The van der Waals surface area contributed by atoms with E-state index in [-0.39, 0.29) is 4.88 Å². The molecule has 0 saturated carbocycles. The van der Waals surface area contributed by atoms with Gasteiger partial charge in [0.1, 0.15) is 9.88 Å². The first-order valence-corrected chi connectivity index (χ1v) is 8.19. The van der Waals surface area contributed by atoms with E-state index in [1.54, 1.807) is 13.0 Å². The van der Waals surface area contributed by atoms with Gasteiger partial charge in [0, 0.05) is 13.2 Å². The number of anilines is 1. The summed E-state index contributed by atoms with van der Waals surface area (Å²) in [4.78, 5) is 11.1. The predicted octanol–water partition coefficient (Wildman–Crippen LogP) is 1.68. The monoisotopic (exact) mass is 305 g/mol. The van der Waals surface area contributed by atoms with Gasteiger partial charge in [0.2, 0.25) is 10.0 Å². The Hall–Kier alpha value is -1.12. The molecule has 1 saturated heterocycles. The maximum atomic E-state index is 12.1. The predicted molar refractivity (Wildman–Crippen MR) is 72.4 cm³/mol. The van der Waals surface area contributed by atoms with Gasteiger partial charge in [-0.2, -0.15) is 0 Å². The van der Waals surface area contributed by atoms with Crippen molar-refractivity contribution >= 4 is 32.3 Å². The van der Waals surface area contributed by atoms with Gasteiger partial charge < -0.3 is 9.84 Å². The lowest BCUT2D eigenvalue weighted by atomic mass is 10.2. The van der Waals surface area contributed by atoms with Gasteiger partial charge in [-0.3, -0.25) is 4.72 Å². The van der Waals surface area contributed by atoms with Crippen LogP contribution in [0.25, 0.3) is 0 Å². The van der Waals surface area contributed by atoms with Gasteiger partial charge in [-0.1, -0.05) is 0 Å². The molecule has 1 aliphatic heterocycles. The molecule has 0 aromatic carbocycles. The third-order valence-electron chi connectivity index (χ3n) is 2.96. The van der Waals surface area contributed by atoms with Gasteiger partial charge >= 0.3 is 5.97 Å². The highest BCUT2D eigenvalue weighted by Gasteiger charge is 2.28. The van der Waals surface area contributed by atoms with Crippen LogP contribution in [0.2, 0.25) is 0 Å². The van der Waals surface area contributed by atoms with E-state index in [2.05, 4.69) is 4.72 Å². The Morgan fingerprint density at radius 2 is 2.11 bits per heavy atom. The van der Waals surface area contributed by atoms with Crippen molar-refractivity contribution < 1.29 is 23.1 Å². The molecule has 0 unspecified atom stereocenters. The Morgan fingerprint density at radius 1 is 1.47 bits per heavy atom. The largest absolute Gasteiger partial charge is 0.477 e. The van der Waals surface area contributed by atoms with Gasteiger partial charge in [0.25, 0.3) is 0 Å². The average molecular weight is 305 g/mol. The number of sulfonamides is 1. The lowest BCUT2D eigenvalue weighted by Crippen LogP contribution is -2.33. The standard InChI is InChI=1S/C11H15NO5S2/c1-7-6-9(18-10(7)11(13)14)12-19(15,16)8-2-4-17-5-3-8/h6,8,12H,2-5H2,1H3,(H,13,14). The molecule has 1 aromatic rings. The number of rotatable bonds is 4. The lowest BCUT2D eigenvalue weighted by Gasteiger charge is -2.22. The Labute approximate surface area is 115 Å². The van der Waals surface area contributed by atoms with E-state index >= 15 is 0 Å². The van der Waals surface area contributed by atoms with Crippen LogP contribution in [0.15, 0.2) is 6.07 Å². The minimum atomic E-state index is -3.48. The zero-order chi connectivity index (χ0) is 14.0. The molecule has 0 bridgehead atoms. The van der Waals surface area contributed by atoms with Gasteiger partial charge in [-0.25, -0.2) is 13.2 Å². The molecule has 2 rings (SSSR count). The van der Waals surface area contributed by atoms with Crippen LogP contribution < -0.4 is 4.72 Å². The van der Waals surface area contributed by atoms with Crippen molar-refractivity contribution in [3.05, 3.63) is 16.5 Å². The molecule has 2 N–H and O–H groups in total. The van der Waals surface area contributed by atoms with Gasteiger partial charge in [-0.05, 0) is 31.4 Å². The first kappa shape index (κ1) is 14.3. The molecule has 0 amide bonds. The minimum absolute atomic E-state index is 0.157. The summed E-state index contributed by atoms with van der Waals surface area (Å²) >= 11 is 0.937. The summed E-state index contributed by atoms with van der Waals surface area (Å²) in [6, 6.07) is 1.55. The van der Waals surface area contributed by atoms with Crippen LogP contribution in [0.5, 0.6) is 0 Å². The number of thiophene rings is 1. The molecule has 2 heterocycles. The second-order valence-corrected chi connectivity index (χ2v) is 7.40. The molecule has 0 atom stereocenters. The fraction of sp³-hybridized carbons (Fsp3) is 0.545. The summed E-state index contributed by atoms with van der Waals surface area (Å²) < 4.78 is 31.9. The number of carboxylic acid groups (broad SMARTS) is 1. The molecule has 1 aliphatic rings. The quantitative estimate of drug-likeness (QED) is 0.882. The number of aryl methyl sites for hydroxylation is 1. The number of hydrogen-bond donors (Lipinski definition) is 2. The van der Waals surface area contributed by atoms with Crippen molar-refractivity contribution in [2.75, 3.05) is 17.9 Å². The van der Waals surface area contributed by atoms with Crippen molar-refractivity contribution in [3.8, 4) is 0 Å². The summed E-state index contributed by atoms with van der Waals surface area (Å²) in [5, 5.41) is 8.82. The number of carboxylic acids is 1. The first-order chi connectivity index (χ1) is 8.90. The zero-order valence-corrected chi connectivity index (χ0v) is 12.0. The Balaban J connectivity index is 2.15. The van der Waals surface area contributed by atoms with Crippen LogP contribution in [0, 0.1) is 6.92 Å². The summed E-state index contributed by atoms with van der Waals surface area (Å²) in [5.41, 5.74) is 0.558. The number of ether oxygens (including phenoxy) is 1. The van der Waals surface area contributed by atoms with Crippen molar-refractivity contribution in [2.24, 2.45) is 0 Å². The van der Waals surface area contributed by atoms with E-state index in [1.165, 1.54) is 0 Å². The minimum Gasteiger partial charge on any atom is -0.477 e. The van der Waals surface area contributed by atoms with Crippen molar-refractivity contribution in [1.82, 2.24) is 0 Å². The lowest BCUT2D eigenvalue weighted by molar-refractivity contribution is 0.0701. The van der Waals surface area contributed by atoms with E-state index in [1.807, 2.05) is 0 Å². The second-order valence-electron chi connectivity index (χ2n) is 4.39. The highest BCUT2D eigenvalue weighted by atomic mass is 32.2. The summed E-state index contributed by atoms with van der Waals surface area (Å²) in [7, 11) is -3.48. The van der Waals surface area contributed by atoms with Crippen molar-refractivity contribution in [3.63, 3.8) is 0 Å². The molecule has 19 heavy (non-hydrogen) atoms. The third kappa shape index (κ3) is 3.26. The molecule has 0 spiro atoms. The molecule has 0 radical (unpaired) electrons. The average Bonchev–Trinajstić information content (AvgIpc) is 2.71. The molecule has 106 valence electrons. The fourth-order valence-corrected chi connectivity index (χ4v) is 4.55. The fourth-order valence-electron chi connectivity index (χ4n) is 1.95. The van der Waals surface area contributed by atoms with Gasteiger partial charge in [-0.15, -0.1) is 11.3 Å². The number of carbonyl (C=O) groups is 1. The maximum Gasteiger partial charge on any atom is 0.346 e. The summed E-state index contributed by atoms with van der Waals surface area (Å²) in [6.07, 6.45) is 0.928. The molecule has 8 heteroatoms. The van der Waals surface area contributed by atoms with Crippen molar-refractivity contribution in [1.29, 1.82) is 0 Å². The normalized spacial score (nSPS) is 17.3. The van der Waals surface area contributed by atoms with Crippen LogP contribution in [0.3, 0.4) is 0 Å². The topological polar surface area (TPSA) is 92.7 Å². The van der Waals surface area contributed by atoms with Crippen molar-refractivity contribution in [2.45, 2.75) is 25.0 Å². The van der Waals surface area contributed by atoms with Crippen LogP contribution in [-0.4, -0.2) is 38.0 Å². The Bertz CT molecular complexity index is 572.